The fourth-order valence-electron chi connectivity index (χ4n) is 3.13. The minimum atomic E-state index is -4.39. The SMILES string of the molecule is Cc1ccc2oc(CC(=O)O)nc2c1OCc1sc(-c2ccc(C(F)(F)F)cc2)nc1C. The van der Waals surface area contributed by atoms with E-state index in [0.717, 1.165) is 22.6 Å². The van der Waals surface area contributed by atoms with Crippen LogP contribution in [0.25, 0.3) is 21.7 Å². The van der Waals surface area contributed by atoms with Crippen LogP contribution in [0.1, 0.15) is 27.6 Å². The monoisotopic (exact) mass is 462 g/mol. The number of hydrogen-bond acceptors (Lipinski definition) is 6. The first-order valence-electron chi connectivity index (χ1n) is 9.49. The number of alkyl halides is 3. The van der Waals surface area contributed by atoms with Gasteiger partial charge in [-0.25, -0.2) is 9.97 Å². The minimum Gasteiger partial charge on any atom is -0.485 e. The number of hydrogen-bond donors (Lipinski definition) is 1. The summed E-state index contributed by atoms with van der Waals surface area (Å²) in [6.45, 7) is 3.82. The molecule has 2 aromatic carbocycles. The fourth-order valence-corrected chi connectivity index (χ4v) is 4.11. The largest absolute Gasteiger partial charge is 0.485 e. The van der Waals surface area contributed by atoms with Gasteiger partial charge in [-0.3, -0.25) is 4.79 Å². The van der Waals surface area contributed by atoms with Gasteiger partial charge in [-0.05, 0) is 37.6 Å². The lowest BCUT2D eigenvalue weighted by Gasteiger charge is -2.08. The molecule has 0 fully saturated rings. The number of fused-ring (bicyclic) bond motifs is 1. The van der Waals surface area contributed by atoms with Gasteiger partial charge in [0.2, 0.25) is 5.89 Å². The van der Waals surface area contributed by atoms with Crippen LogP contribution in [-0.2, 0) is 24.0 Å². The van der Waals surface area contributed by atoms with E-state index in [0.29, 0.717) is 33.1 Å². The van der Waals surface area contributed by atoms with Gasteiger partial charge in [0.1, 0.15) is 18.0 Å². The van der Waals surface area contributed by atoms with Gasteiger partial charge in [0, 0.05) is 5.56 Å². The lowest BCUT2D eigenvalue weighted by molar-refractivity contribution is -0.138. The Labute approximate surface area is 184 Å². The maximum absolute atomic E-state index is 12.8. The van der Waals surface area contributed by atoms with Gasteiger partial charge < -0.3 is 14.3 Å². The summed E-state index contributed by atoms with van der Waals surface area (Å²) in [7, 11) is 0. The standard InChI is InChI=1S/C22H17F3N2O4S/c1-11-3-8-15-19(27-17(31-15)9-18(28)29)20(11)30-10-16-12(2)26-21(32-16)13-4-6-14(7-5-13)22(23,24)25/h3-8H,9-10H2,1-2H3,(H,28,29). The smallest absolute Gasteiger partial charge is 0.416 e. The molecule has 1 N–H and O–H groups in total. The van der Waals surface area contributed by atoms with Crippen LogP contribution in [0.3, 0.4) is 0 Å². The summed E-state index contributed by atoms with van der Waals surface area (Å²) in [4.78, 5) is 20.5. The number of oxazole rings is 1. The summed E-state index contributed by atoms with van der Waals surface area (Å²) in [5.41, 5.74) is 2.25. The van der Waals surface area contributed by atoms with E-state index in [1.807, 2.05) is 6.92 Å². The van der Waals surface area contributed by atoms with Crippen molar-refractivity contribution in [2.24, 2.45) is 0 Å². The molecular formula is C22H17F3N2O4S. The Balaban J connectivity index is 1.57. The third-order valence-electron chi connectivity index (χ3n) is 4.76. The molecular weight excluding hydrogens is 445 g/mol. The molecule has 2 aromatic heterocycles. The van der Waals surface area contributed by atoms with Gasteiger partial charge in [0.25, 0.3) is 0 Å². The number of carboxylic acid groups (broad SMARTS) is 1. The molecule has 0 aliphatic rings. The molecule has 0 unspecified atom stereocenters. The van der Waals surface area contributed by atoms with E-state index in [1.165, 1.54) is 23.5 Å². The molecule has 32 heavy (non-hydrogen) atoms. The van der Waals surface area contributed by atoms with Gasteiger partial charge in [-0.1, -0.05) is 18.2 Å². The van der Waals surface area contributed by atoms with Crippen molar-refractivity contribution in [2.45, 2.75) is 33.1 Å². The lowest BCUT2D eigenvalue weighted by atomic mass is 10.1. The topological polar surface area (TPSA) is 85.5 Å². The Morgan fingerprint density at radius 2 is 1.84 bits per heavy atom. The Kier molecular flexibility index (Phi) is 5.64. The maximum atomic E-state index is 12.8. The first-order chi connectivity index (χ1) is 15.1. The summed E-state index contributed by atoms with van der Waals surface area (Å²) < 4.78 is 49.9. The average molecular weight is 462 g/mol. The number of aromatic nitrogens is 2. The molecule has 0 atom stereocenters. The van der Waals surface area contributed by atoms with Gasteiger partial charge in [0.05, 0.1) is 16.1 Å². The summed E-state index contributed by atoms with van der Waals surface area (Å²) in [6.07, 6.45) is -4.72. The second-order valence-corrected chi connectivity index (χ2v) is 8.21. The minimum absolute atomic E-state index is 0.0847. The fraction of sp³-hybridized carbons (Fsp3) is 0.227. The van der Waals surface area contributed by atoms with Crippen molar-refractivity contribution >= 4 is 28.4 Å². The number of aryl methyl sites for hydroxylation is 2. The van der Waals surface area contributed by atoms with E-state index < -0.39 is 17.7 Å². The number of carboxylic acids is 1. The quantitative estimate of drug-likeness (QED) is 0.390. The van der Waals surface area contributed by atoms with Crippen LogP contribution in [-0.4, -0.2) is 21.0 Å². The van der Waals surface area contributed by atoms with Gasteiger partial charge in [-0.2, -0.15) is 13.2 Å². The van der Waals surface area contributed by atoms with Crippen LogP contribution in [0.15, 0.2) is 40.8 Å². The Hall–Kier alpha value is -3.40. The first kappa shape index (κ1) is 21.8. The Bertz CT molecular complexity index is 1290. The molecule has 0 spiro atoms. The number of ether oxygens (including phenoxy) is 1. The zero-order valence-electron chi connectivity index (χ0n) is 17.0. The van der Waals surface area contributed by atoms with E-state index in [-0.39, 0.29) is 18.9 Å². The third-order valence-corrected chi connectivity index (χ3v) is 5.94. The van der Waals surface area contributed by atoms with Gasteiger partial charge in [-0.15, -0.1) is 11.3 Å². The molecule has 6 nitrogen and oxygen atoms in total. The molecule has 2 heterocycles. The zero-order chi connectivity index (χ0) is 23.0. The molecule has 0 radical (unpaired) electrons. The summed E-state index contributed by atoms with van der Waals surface area (Å²) >= 11 is 1.33. The molecule has 0 aliphatic heterocycles. The third kappa shape index (κ3) is 4.45. The van der Waals surface area contributed by atoms with E-state index in [9.17, 15) is 18.0 Å². The van der Waals surface area contributed by atoms with Crippen LogP contribution in [0.5, 0.6) is 5.75 Å². The first-order valence-corrected chi connectivity index (χ1v) is 10.3. The highest BCUT2D eigenvalue weighted by Crippen LogP contribution is 2.35. The second kappa shape index (κ2) is 8.27. The molecule has 166 valence electrons. The Morgan fingerprint density at radius 3 is 2.50 bits per heavy atom. The molecule has 0 amide bonds. The van der Waals surface area contributed by atoms with Gasteiger partial charge >= 0.3 is 12.1 Å². The van der Waals surface area contributed by atoms with Crippen molar-refractivity contribution in [3.63, 3.8) is 0 Å². The number of benzene rings is 2. The van der Waals surface area contributed by atoms with Crippen LogP contribution < -0.4 is 4.74 Å². The molecule has 4 aromatic rings. The normalized spacial score (nSPS) is 11.8. The number of rotatable bonds is 6. The predicted molar refractivity (Wildman–Crippen MR) is 112 cm³/mol. The number of nitrogens with zero attached hydrogens (tertiary/aromatic N) is 2. The van der Waals surface area contributed by atoms with Crippen molar-refractivity contribution in [1.29, 1.82) is 0 Å². The van der Waals surface area contributed by atoms with Crippen molar-refractivity contribution in [2.75, 3.05) is 0 Å². The number of aliphatic carboxylic acids is 1. The lowest BCUT2D eigenvalue weighted by Crippen LogP contribution is -2.03. The van der Waals surface area contributed by atoms with Crippen LogP contribution >= 0.6 is 11.3 Å². The summed E-state index contributed by atoms with van der Waals surface area (Å²) in [6, 6.07) is 8.36. The van der Waals surface area contributed by atoms with Crippen molar-refractivity contribution in [3.05, 3.63) is 64.0 Å². The average Bonchev–Trinajstić information content (AvgIpc) is 3.29. The van der Waals surface area contributed by atoms with E-state index in [1.54, 1.807) is 19.1 Å². The highest BCUT2D eigenvalue weighted by Gasteiger charge is 2.30. The molecule has 0 saturated carbocycles. The molecule has 0 bridgehead atoms. The van der Waals surface area contributed by atoms with E-state index in [2.05, 4.69) is 9.97 Å². The van der Waals surface area contributed by atoms with Gasteiger partial charge in [0.15, 0.2) is 16.8 Å². The van der Waals surface area contributed by atoms with Crippen LogP contribution in [0.2, 0.25) is 0 Å². The summed E-state index contributed by atoms with van der Waals surface area (Å²) in [5.74, 6) is -0.486. The maximum Gasteiger partial charge on any atom is 0.416 e. The number of halogens is 3. The van der Waals surface area contributed by atoms with E-state index >= 15 is 0 Å². The number of carbonyl (C=O) groups is 1. The predicted octanol–water partition coefficient (Wildman–Crippen LogP) is 5.79. The van der Waals surface area contributed by atoms with Crippen LogP contribution in [0.4, 0.5) is 13.2 Å². The van der Waals surface area contributed by atoms with E-state index in [4.69, 9.17) is 14.3 Å². The summed E-state index contributed by atoms with van der Waals surface area (Å²) in [5, 5.41) is 9.55. The van der Waals surface area contributed by atoms with Crippen molar-refractivity contribution in [3.8, 4) is 16.3 Å². The highest BCUT2D eigenvalue weighted by molar-refractivity contribution is 7.15. The van der Waals surface area contributed by atoms with Crippen molar-refractivity contribution < 1.29 is 32.2 Å². The zero-order valence-corrected chi connectivity index (χ0v) is 17.8. The second-order valence-electron chi connectivity index (χ2n) is 7.13. The molecule has 0 saturated heterocycles. The Morgan fingerprint density at radius 1 is 1.12 bits per heavy atom. The highest BCUT2D eigenvalue weighted by atomic mass is 32.1. The molecule has 4 rings (SSSR count). The van der Waals surface area contributed by atoms with Crippen molar-refractivity contribution in [1.82, 2.24) is 9.97 Å². The molecule has 10 heteroatoms. The molecule has 0 aliphatic carbocycles. The van der Waals surface area contributed by atoms with Crippen LogP contribution in [0, 0.1) is 13.8 Å². The number of thiazole rings is 1.